The molecule has 0 fully saturated rings. The highest BCUT2D eigenvalue weighted by Crippen LogP contribution is 2.54. The Balaban J connectivity index is 2.53. The number of hydrogen-bond acceptors (Lipinski definition) is 0. The Labute approximate surface area is 188 Å². The van der Waals surface area contributed by atoms with Gasteiger partial charge in [-0.25, -0.2) is 0 Å². The molecule has 0 unspecified atom stereocenters. The standard InChI is InChI=1S/C21H5F15/c22-17(23,24)9-2-1-6-10(18(25,26)27)3-8-11(19(28,29)30)5-13(21(34,35)36)16-12(20(31,32)33)4-7(9)14(6)15(8)16/h1-5H. The molecule has 0 radical (unpaired) electrons. The van der Waals surface area contributed by atoms with Gasteiger partial charge in [0.2, 0.25) is 0 Å². The minimum atomic E-state index is -5.90. The number of halogens is 15. The molecule has 0 nitrogen and oxygen atoms in total. The lowest BCUT2D eigenvalue weighted by Gasteiger charge is -2.25. The topological polar surface area (TPSA) is 0 Å². The van der Waals surface area contributed by atoms with Crippen molar-refractivity contribution in [3.05, 3.63) is 58.1 Å². The Morgan fingerprint density at radius 1 is 0.306 bits per heavy atom. The number of rotatable bonds is 0. The van der Waals surface area contributed by atoms with Crippen molar-refractivity contribution in [1.82, 2.24) is 0 Å². The molecule has 0 saturated heterocycles. The molecule has 0 aliphatic rings. The molecule has 0 aromatic heterocycles. The van der Waals surface area contributed by atoms with Crippen molar-refractivity contribution in [3.8, 4) is 0 Å². The van der Waals surface area contributed by atoms with Gasteiger partial charge in [0.1, 0.15) is 0 Å². The highest BCUT2D eigenvalue weighted by atomic mass is 19.4. The fraction of sp³-hybridized carbons (Fsp3) is 0.238. The molecule has 194 valence electrons. The van der Waals surface area contributed by atoms with Gasteiger partial charge in [0, 0.05) is 5.39 Å². The lowest BCUT2D eigenvalue weighted by atomic mass is 9.83. The molecule has 15 heteroatoms. The second-order valence-electron chi connectivity index (χ2n) is 7.69. The lowest BCUT2D eigenvalue weighted by molar-refractivity contribution is -0.143. The van der Waals surface area contributed by atoms with Gasteiger partial charge < -0.3 is 0 Å². The molecule has 36 heavy (non-hydrogen) atoms. The molecule has 4 aromatic carbocycles. The average molecular weight is 542 g/mol. The van der Waals surface area contributed by atoms with Gasteiger partial charge in [0.15, 0.2) is 0 Å². The average Bonchev–Trinajstić information content (AvgIpc) is 2.66. The summed E-state index contributed by atoms with van der Waals surface area (Å²) in [6, 6.07) is -1.38. The largest absolute Gasteiger partial charge is 0.417 e. The monoisotopic (exact) mass is 542 g/mol. The zero-order valence-electron chi connectivity index (χ0n) is 16.6. The third-order valence-electron chi connectivity index (χ3n) is 5.53. The molecule has 0 N–H and O–H groups in total. The maximum atomic E-state index is 13.8. The van der Waals surface area contributed by atoms with Gasteiger partial charge in [-0.1, -0.05) is 6.07 Å². The van der Waals surface area contributed by atoms with Crippen molar-refractivity contribution >= 4 is 32.3 Å². The van der Waals surface area contributed by atoms with E-state index in [-0.39, 0.29) is 18.2 Å². The number of hydrogen-bond donors (Lipinski definition) is 0. The van der Waals surface area contributed by atoms with Crippen molar-refractivity contribution in [2.45, 2.75) is 30.9 Å². The highest BCUT2D eigenvalue weighted by molar-refractivity contribution is 6.27. The summed E-state index contributed by atoms with van der Waals surface area (Å²) in [5.41, 5.74) is -11.3. The first kappa shape index (κ1) is 25.9. The second kappa shape index (κ2) is 7.22. The molecule has 0 spiro atoms. The summed E-state index contributed by atoms with van der Waals surface area (Å²) in [4.78, 5) is 0. The summed E-state index contributed by atoms with van der Waals surface area (Å²) in [6.45, 7) is 0. The molecular formula is C21H5F15. The molecule has 0 aliphatic heterocycles. The molecule has 0 atom stereocenters. The van der Waals surface area contributed by atoms with Gasteiger partial charge >= 0.3 is 30.9 Å². The van der Waals surface area contributed by atoms with E-state index in [9.17, 15) is 65.9 Å². The van der Waals surface area contributed by atoms with E-state index < -0.39 is 103 Å². The van der Waals surface area contributed by atoms with Crippen LogP contribution in [0.3, 0.4) is 0 Å². The maximum absolute atomic E-state index is 13.8. The minimum absolute atomic E-state index is 0.0213. The van der Waals surface area contributed by atoms with Crippen LogP contribution in [0.2, 0.25) is 0 Å². The predicted molar refractivity (Wildman–Crippen MR) is 95.2 cm³/mol. The first-order valence-corrected chi connectivity index (χ1v) is 9.23. The van der Waals surface area contributed by atoms with Gasteiger partial charge in [-0.2, -0.15) is 65.9 Å². The van der Waals surface area contributed by atoms with Crippen LogP contribution in [0.4, 0.5) is 65.9 Å². The first-order chi connectivity index (χ1) is 16.0. The van der Waals surface area contributed by atoms with E-state index in [0.717, 1.165) is 0 Å². The van der Waals surface area contributed by atoms with Crippen molar-refractivity contribution < 1.29 is 65.9 Å². The molecule has 0 bridgehead atoms. The third kappa shape index (κ3) is 3.92. The van der Waals surface area contributed by atoms with Crippen molar-refractivity contribution in [3.63, 3.8) is 0 Å². The van der Waals surface area contributed by atoms with Crippen LogP contribution >= 0.6 is 0 Å². The van der Waals surface area contributed by atoms with E-state index in [0.29, 0.717) is 0 Å². The minimum Gasteiger partial charge on any atom is -0.166 e. The van der Waals surface area contributed by atoms with E-state index in [1.807, 2.05) is 0 Å². The summed E-state index contributed by atoms with van der Waals surface area (Å²) in [5.74, 6) is 0. The zero-order chi connectivity index (χ0) is 27.4. The van der Waals surface area contributed by atoms with Crippen molar-refractivity contribution in [1.29, 1.82) is 0 Å². The van der Waals surface area contributed by atoms with Crippen LogP contribution < -0.4 is 0 Å². The fourth-order valence-electron chi connectivity index (χ4n) is 4.25. The molecule has 0 heterocycles. The van der Waals surface area contributed by atoms with Crippen LogP contribution in [0.25, 0.3) is 32.3 Å². The van der Waals surface area contributed by atoms with Gasteiger partial charge in [-0.15, -0.1) is 0 Å². The maximum Gasteiger partial charge on any atom is 0.417 e. The van der Waals surface area contributed by atoms with Crippen LogP contribution in [0.5, 0.6) is 0 Å². The van der Waals surface area contributed by atoms with Gasteiger partial charge in [-0.3, -0.25) is 0 Å². The Bertz CT molecular complexity index is 1490. The van der Waals surface area contributed by atoms with Crippen LogP contribution in [0.15, 0.2) is 30.3 Å². The predicted octanol–water partition coefficient (Wildman–Crippen LogP) is 9.68. The smallest absolute Gasteiger partial charge is 0.166 e. The Morgan fingerprint density at radius 3 is 1.11 bits per heavy atom. The normalized spacial score (nSPS) is 14.5. The Hall–Kier alpha value is -3.13. The summed E-state index contributed by atoms with van der Waals surface area (Å²) in [6.07, 6.45) is -28.6. The van der Waals surface area contributed by atoms with Crippen LogP contribution in [0.1, 0.15) is 27.8 Å². The van der Waals surface area contributed by atoms with Crippen LogP contribution in [-0.2, 0) is 30.9 Å². The first-order valence-electron chi connectivity index (χ1n) is 9.23. The molecular weight excluding hydrogens is 537 g/mol. The summed E-state index contributed by atoms with van der Waals surface area (Å²) in [5, 5.41) is -9.83. The fourth-order valence-corrected chi connectivity index (χ4v) is 4.25. The quantitative estimate of drug-likeness (QED) is 0.153. The highest BCUT2D eigenvalue weighted by Gasteiger charge is 2.46. The van der Waals surface area contributed by atoms with Gasteiger partial charge in [0.05, 0.1) is 27.8 Å². The van der Waals surface area contributed by atoms with Gasteiger partial charge in [-0.05, 0) is 51.2 Å². The van der Waals surface area contributed by atoms with E-state index in [4.69, 9.17) is 0 Å². The van der Waals surface area contributed by atoms with Crippen molar-refractivity contribution in [2.75, 3.05) is 0 Å². The summed E-state index contributed by atoms with van der Waals surface area (Å²) < 4.78 is 206. The van der Waals surface area contributed by atoms with Crippen molar-refractivity contribution in [2.24, 2.45) is 0 Å². The zero-order valence-corrected chi connectivity index (χ0v) is 16.6. The van der Waals surface area contributed by atoms with E-state index in [2.05, 4.69) is 0 Å². The van der Waals surface area contributed by atoms with Gasteiger partial charge in [0.25, 0.3) is 0 Å². The lowest BCUT2D eigenvalue weighted by Crippen LogP contribution is -2.17. The SMILES string of the molecule is FC(F)(F)c1cc2c(C(F)(F)F)cc(C(F)(F)F)c3c(C(F)(F)F)cc4c(C(F)(F)F)ccc1c4c23. The molecule has 0 aliphatic carbocycles. The summed E-state index contributed by atoms with van der Waals surface area (Å²) >= 11 is 0. The molecule has 0 saturated carbocycles. The van der Waals surface area contributed by atoms with E-state index in [1.54, 1.807) is 0 Å². The Kier molecular flexibility index (Phi) is 5.20. The number of benzene rings is 4. The second-order valence-corrected chi connectivity index (χ2v) is 7.69. The third-order valence-corrected chi connectivity index (χ3v) is 5.53. The molecule has 4 aromatic rings. The van der Waals surface area contributed by atoms with Crippen LogP contribution in [0, 0.1) is 0 Å². The van der Waals surface area contributed by atoms with E-state index >= 15 is 0 Å². The molecule has 0 amide bonds. The Morgan fingerprint density at radius 2 is 0.667 bits per heavy atom. The summed E-state index contributed by atoms with van der Waals surface area (Å²) in [7, 11) is 0. The van der Waals surface area contributed by atoms with Crippen LogP contribution in [-0.4, -0.2) is 0 Å². The number of alkyl halides is 15. The molecule has 4 rings (SSSR count). The van der Waals surface area contributed by atoms with E-state index in [1.165, 1.54) is 0 Å².